The fourth-order valence-corrected chi connectivity index (χ4v) is 5.12. The summed E-state index contributed by atoms with van der Waals surface area (Å²) in [6, 6.07) is 14.7. The highest BCUT2D eigenvalue weighted by Crippen LogP contribution is 2.24. The molecular formula is C23H31NO5S. The number of ether oxygens (including phenoxy) is 2. The number of aliphatic hydroxyl groups excluding tert-OH is 1. The van der Waals surface area contributed by atoms with E-state index in [-0.39, 0.29) is 26.1 Å². The van der Waals surface area contributed by atoms with Crippen LogP contribution < -0.4 is 9.47 Å². The van der Waals surface area contributed by atoms with Crippen LogP contribution in [0.5, 0.6) is 11.5 Å². The quantitative estimate of drug-likeness (QED) is 0.487. The van der Waals surface area contributed by atoms with Crippen molar-refractivity contribution in [3.8, 4) is 11.5 Å². The molecular weight excluding hydrogens is 402 g/mol. The molecule has 0 unspecified atom stereocenters. The van der Waals surface area contributed by atoms with Crippen molar-refractivity contribution < 1.29 is 23.0 Å². The highest BCUT2D eigenvalue weighted by molar-refractivity contribution is 7.89. The fourth-order valence-electron chi connectivity index (χ4n) is 3.21. The Labute approximate surface area is 179 Å². The van der Waals surface area contributed by atoms with Crippen LogP contribution in [0.4, 0.5) is 0 Å². The van der Waals surface area contributed by atoms with E-state index < -0.39 is 15.3 Å². The third-order valence-electron chi connectivity index (χ3n) is 4.96. The second-order valence-electron chi connectivity index (χ2n) is 7.01. The minimum Gasteiger partial charge on any atom is -0.497 e. The molecule has 0 amide bonds. The van der Waals surface area contributed by atoms with Crippen LogP contribution in [0, 0.1) is 0 Å². The van der Waals surface area contributed by atoms with Crippen LogP contribution in [0.1, 0.15) is 30.4 Å². The summed E-state index contributed by atoms with van der Waals surface area (Å²) in [5.74, 6) is 1.43. The third kappa shape index (κ3) is 6.58. The highest BCUT2D eigenvalue weighted by atomic mass is 32.2. The van der Waals surface area contributed by atoms with Crippen LogP contribution in [0.25, 0.3) is 0 Å². The lowest BCUT2D eigenvalue weighted by Gasteiger charge is -2.28. The number of rotatable bonds is 13. The molecule has 0 radical (unpaired) electrons. The van der Waals surface area contributed by atoms with Gasteiger partial charge in [0.1, 0.15) is 11.5 Å². The van der Waals surface area contributed by atoms with Gasteiger partial charge in [0, 0.05) is 19.7 Å². The number of allylic oxidation sites excluding steroid dienone is 1. The molecule has 0 spiro atoms. The number of nitrogens with zero attached hydrogens (tertiary/aromatic N) is 1. The van der Waals surface area contributed by atoms with Crippen molar-refractivity contribution in [2.24, 2.45) is 0 Å². The van der Waals surface area contributed by atoms with Crippen molar-refractivity contribution in [3.63, 3.8) is 0 Å². The van der Waals surface area contributed by atoms with Crippen molar-refractivity contribution in [1.29, 1.82) is 0 Å². The predicted molar refractivity (Wildman–Crippen MR) is 119 cm³/mol. The molecule has 2 aromatic rings. The van der Waals surface area contributed by atoms with E-state index in [1.807, 2.05) is 48.5 Å². The molecule has 1 atom stereocenters. The standard InChI is InChI=1S/C23H31NO5S/c1-4-5-6-23(15-16-25)30(26,27)24(17-19-7-11-21(28-2)12-8-19)18-20-9-13-22(29-3)14-10-20/h4,7-14,23,25H,1,5-6,15-18H2,2-3H3/t23-/m0/s1. The van der Waals surface area contributed by atoms with Gasteiger partial charge in [-0.15, -0.1) is 6.58 Å². The molecule has 30 heavy (non-hydrogen) atoms. The summed E-state index contributed by atoms with van der Waals surface area (Å²) in [6.07, 6.45) is 2.89. The van der Waals surface area contributed by atoms with E-state index in [9.17, 15) is 13.5 Å². The Morgan fingerprint density at radius 1 is 0.933 bits per heavy atom. The summed E-state index contributed by atoms with van der Waals surface area (Å²) in [7, 11) is -0.479. The van der Waals surface area contributed by atoms with Gasteiger partial charge in [0.05, 0.1) is 19.5 Å². The molecule has 2 rings (SSSR count). The van der Waals surface area contributed by atoms with Gasteiger partial charge in [-0.1, -0.05) is 30.3 Å². The normalized spacial score (nSPS) is 12.5. The number of sulfonamides is 1. The second-order valence-corrected chi connectivity index (χ2v) is 9.22. The number of methoxy groups -OCH3 is 2. The van der Waals surface area contributed by atoms with Crippen LogP contribution in [0.3, 0.4) is 0 Å². The van der Waals surface area contributed by atoms with E-state index >= 15 is 0 Å². The number of aliphatic hydroxyl groups is 1. The van der Waals surface area contributed by atoms with Gasteiger partial charge >= 0.3 is 0 Å². The van der Waals surface area contributed by atoms with Crippen molar-refractivity contribution >= 4 is 10.0 Å². The number of benzene rings is 2. The molecule has 6 nitrogen and oxygen atoms in total. The van der Waals surface area contributed by atoms with Gasteiger partial charge in [-0.3, -0.25) is 0 Å². The summed E-state index contributed by atoms with van der Waals surface area (Å²) in [4.78, 5) is 0. The molecule has 0 bridgehead atoms. The SMILES string of the molecule is C=CCC[C@@H](CCO)S(=O)(=O)N(Cc1ccc(OC)cc1)Cc1ccc(OC)cc1. The van der Waals surface area contributed by atoms with Crippen LogP contribution in [0.2, 0.25) is 0 Å². The minimum absolute atomic E-state index is 0.181. The van der Waals surface area contributed by atoms with Crippen molar-refractivity contribution in [2.75, 3.05) is 20.8 Å². The first kappa shape index (κ1) is 23.9. The van der Waals surface area contributed by atoms with Gasteiger partial charge in [0.15, 0.2) is 0 Å². The summed E-state index contributed by atoms with van der Waals surface area (Å²) in [5.41, 5.74) is 1.72. The van der Waals surface area contributed by atoms with E-state index in [0.29, 0.717) is 24.3 Å². The molecule has 0 aliphatic heterocycles. The first-order valence-electron chi connectivity index (χ1n) is 9.91. The summed E-state index contributed by atoms with van der Waals surface area (Å²) >= 11 is 0. The molecule has 0 aromatic heterocycles. The van der Waals surface area contributed by atoms with Crippen LogP contribution >= 0.6 is 0 Å². The molecule has 2 aromatic carbocycles. The van der Waals surface area contributed by atoms with Gasteiger partial charge in [-0.25, -0.2) is 8.42 Å². The smallest absolute Gasteiger partial charge is 0.217 e. The zero-order chi connectivity index (χ0) is 22.0. The monoisotopic (exact) mass is 433 g/mol. The van der Waals surface area contributed by atoms with Gasteiger partial charge in [-0.2, -0.15) is 4.31 Å². The maximum absolute atomic E-state index is 13.5. The molecule has 7 heteroatoms. The third-order valence-corrected chi connectivity index (χ3v) is 7.25. The van der Waals surface area contributed by atoms with Gasteiger partial charge in [-0.05, 0) is 54.7 Å². The topological polar surface area (TPSA) is 76.1 Å². The molecule has 1 N–H and O–H groups in total. The largest absolute Gasteiger partial charge is 0.497 e. The number of hydrogen-bond donors (Lipinski definition) is 1. The summed E-state index contributed by atoms with van der Waals surface area (Å²) in [5, 5.41) is 8.77. The van der Waals surface area contributed by atoms with E-state index in [1.54, 1.807) is 20.3 Å². The Hall–Kier alpha value is -2.35. The minimum atomic E-state index is -3.66. The van der Waals surface area contributed by atoms with Gasteiger partial charge in [0.2, 0.25) is 10.0 Å². The average Bonchev–Trinajstić information content (AvgIpc) is 2.77. The average molecular weight is 434 g/mol. The Bertz CT molecular complexity index is 829. The van der Waals surface area contributed by atoms with E-state index in [2.05, 4.69) is 6.58 Å². The molecule has 0 aliphatic carbocycles. The first-order chi connectivity index (χ1) is 14.4. The fraction of sp³-hybridized carbons (Fsp3) is 0.391. The Morgan fingerprint density at radius 2 is 1.40 bits per heavy atom. The molecule has 0 saturated carbocycles. The second kappa shape index (κ2) is 11.7. The summed E-state index contributed by atoms with van der Waals surface area (Å²) in [6.45, 7) is 3.97. The Kier molecular flexibility index (Phi) is 9.36. The van der Waals surface area contributed by atoms with Crippen LogP contribution in [-0.2, 0) is 23.1 Å². The molecule has 164 valence electrons. The van der Waals surface area contributed by atoms with Gasteiger partial charge in [0.25, 0.3) is 0 Å². The lowest BCUT2D eigenvalue weighted by Crippen LogP contribution is -2.38. The summed E-state index contributed by atoms with van der Waals surface area (Å²) < 4.78 is 38.9. The van der Waals surface area contributed by atoms with Crippen molar-refractivity contribution in [1.82, 2.24) is 4.31 Å². The lowest BCUT2D eigenvalue weighted by molar-refractivity contribution is 0.280. The zero-order valence-corrected chi connectivity index (χ0v) is 18.5. The first-order valence-corrected chi connectivity index (χ1v) is 11.4. The highest BCUT2D eigenvalue weighted by Gasteiger charge is 2.31. The Balaban J connectivity index is 2.34. The van der Waals surface area contributed by atoms with Crippen LogP contribution in [0.15, 0.2) is 61.2 Å². The Morgan fingerprint density at radius 3 is 1.77 bits per heavy atom. The molecule has 0 saturated heterocycles. The van der Waals surface area contributed by atoms with Gasteiger partial charge < -0.3 is 14.6 Å². The zero-order valence-electron chi connectivity index (χ0n) is 17.7. The van der Waals surface area contributed by atoms with Crippen LogP contribution in [-0.4, -0.2) is 43.9 Å². The lowest BCUT2D eigenvalue weighted by atomic mass is 10.2. The molecule has 0 aliphatic rings. The van der Waals surface area contributed by atoms with Crippen molar-refractivity contribution in [2.45, 2.75) is 37.6 Å². The van der Waals surface area contributed by atoms with Crippen molar-refractivity contribution in [3.05, 3.63) is 72.3 Å². The molecule has 0 heterocycles. The maximum atomic E-state index is 13.5. The van der Waals surface area contributed by atoms with E-state index in [1.165, 1.54) is 4.31 Å². The van der Waals surface area contributed by atoms with E-state index in [4.69, 9.17) is 9.47 Å². The number of hydrogen-bond acceptors (Lipinski definition) is 5. The predicted octanol–water partition coefficient (Wildman–Crippen LogP) is 3.75. The maximum Gasteiger partial charge on any atom is 0.217 e. The molecule has 0 fully saturated rings. The van der Waals surface area contributed by atoms with E-state index in [0.717, 1.165) is 11.1 Å².